The average Bonchev–Trinajstić information content (AvgIpc) is 3.35. The maximum absolute atomic E-state index is 13.0. The summed E-state index contributed by atoms with van der Waals surface area (Å²) in [5, 5.41) is 2.91. The summed E-state index contributed by atoms with van der Waals surface area (Å²) in [6.45, 7) is 11.9. The monoisotopic (exact) mass is 537 g/mol. The van der Waals surface area contributed by atoms with Gasteiger partial charge in [-0.25, -0.2) is 4.79 Å². The van der Waals surface area contributed by atoms with Crippen molar-refractivity contribution in [2.75, 3.05) is 13.2 Å². The molecule has 3 aromatic rings. The first-order valence-electron chi connectivity index (χ1n) is 13.7. The quantitative estimate of drug-likeness (QED) is 0.267. The lowest BCUT2D eigenvalue weighted by atomic mass is 9.76. The highest BCUT2D eigenvalue weighted by atomic mass is 16.7. The van der Waals surface area contributed by atoms with Gasteiger partial charge < -0.3 is 19.4 Å². The summed E-state index contributed by atoms with van der Waals surface area (Å²) in [5.74, 6) is -0.0307. The lowest BCUT2D eigenvalue weighted by Crippen LogP contribution is -2.41. The van der Waals surface area contributed by atoms with Crippen LogP contribution in [-0.4, -0.2) is 43.3 Å². The Morgan fingerprint density at radius 1 is 0.925 bits per heavy atom. The SMILES string of the molecule is CC(=O)c1ccc(C)c(C=C(CNC(=O)OCC2c3ccccc3-c3ccccc32)B2OC(C)(C)C(C)(C)O2)c1. The van der Waals surface area contributed by atoms with Crippen molar-refractivity contribution in [3.63, 3.8) is 0 Å². The molecule has 3 aromatic carbocycles. The molecular weight excluding hydrogens is 501 g/mol. The molecule has 1 aliphatic carbocycles. The number of ketones is 1. The molecule has 0 atom stereocenters. The number of amides is 1. The standard InChI is InChI=1S/C33H36BNO5/c1-21-15-16-23(22(2)36)17-24(21)18-25(34-39-32(3,4)33(5,6)40-34)19-35-31(37)38-20-30-28-13-9-7-11-26(28)27-12-8-10-14-29(27)30/h7-18,30H,19-20H2,1-6H3,(H,35,37). The summed E-state index contributed by atoms with van der Waals surface area (Å²) in [7, 11) is -0.667. The summed E-state index contributed by atoms with van der Waals surface area (Å²) in [6, 6.07) is 22.1. The number of alkyl carbamates (subject to hydrolysis) is 1. The molecule has 1 heterocycles. The van der Waals surface area contributed by atoms with Gasteiger partial charge in [-0.1, -0.05) is 66.7 Å². The highest BCUT2D eigenvalue weighted by molar-refractivity contribution is 6.56. The maximum Gasteiger partial charge on any atom is 0.492 e. The predicted molar refractivity (Wildman–Crippen MR) is 158 cm³/mol. The molecule has 0 bridgehead atoms. The maximum atomic E-state index is 13.0. The van der Waals surface area contributed by atoms with Crippen LogP contribution in [0.1, 0.15) is 73.1 Å². The Bertz CT molecular complexity index is 1430. The number of nitrogens with one attached hydrogen (secondary N) is 1. The van der Waals surface area contributed by atoms with Crippen LogP contribution in [0.3, 0.4) is 0 Å². The number of benzene rings is 3. The fraction of sp³-hybridized carbons (Fsp3) is 0.333. The second-order valence-electron chi connectivity index (χ2n) is 11.6. The van der Waals surface area contributed by atoms with Gasteiger partial charge in [-0.15, -0.1) is 0 Å². The summed E-state index contributed by atoms with van der Waals surface area (Å²) in [4.78, 5) is 25.0. The van der Waals surface area contributed by atoms with Crippen molar-refractivity contribution in [3.05, 3.63) is 100 Å². The highest BCUT2D eigenvalue weighted by Crippen LogP contribution is 2.44. The van der Waals surface area contributed by atoms with Crippen molar-refractivity contribution in [1.29, 1.82) is 0 Å². The van der Waals surface area contributed by atoms with Gasteiger partial charge >= 0.3 is 13.2 Å². The normalized spacial score (nSPS) is 17.4. The van der Waals surface area contributed by atoms with E-state index in [0.29, 0.717) is 5.56 Å². The van der Waals surface area contributed by atoms with E-state index in [0.717, 1.165) is 27.7 Å². The fourth-order valence-corrected chi connectivity index (χ4v) is 5.24. The molecule has 0 radical (unpaired) electrons. The van der Waals surface area contributed by atoms with Gasteiger partial charge in [-0.2, -0.15) is 0 Å². The summed E-state index contributed by atoms with van der Waals surface area (Å²) >= 11 is 0. The molecule has 2 aliphatic rings. The molecule has 6 nitrogen and oxygen atoms in total. The minimum Gasteiger partial charge on any atom is -0.449 e. The van der Waals surface area contributed by atoms with Crippen molar-refractivity contribution >= 4 is 25.1 Å². The molecule has 1 fully saturated rings. The number of fused-ring (bicyclic) bond motifs is 3. The molecule has 0 saturated carbocycles. The minimum absolute atomic E-state index is 0.0106. The zero-order valence-electron chi connectivity index (χ0n) is 24.0. The lowest BCUT2D eigenvalue weighted by molar-refractivity contribution is 0.00578. The molecule has 0 aromatic heterocycles. The number of ether oxygens (including phenoxy) is 1. The van der Waals surface area contributed by atoms with Crippen molar-refractivity contribution < 1.29 is 23.6 Å². The van der Waals surface area contributed by atoms with Gasteiger partial charge in [0.1, 0.15) is 6.61 Å². The number of hydrogen-bond acceptors (Lipinski definition) is 5. The number of rotatable bonds is 7. The zero-order chi connectivity index (χ0) is 28.7. The molecule has 1 amide bonds. The van der Waals surface area contributed by atoms with Crippen LogP contribution in [0.15, 0.2) is 72.2 Å². The van der Waals surface area contributed by atoms with E-state index in [2.05, 4.69) is 29.6 Å². The second-order valence-corrected chi connectivity index (χ2v) is 11.6. The van der Waals surface area contributed by atoms with Crippen molar-refractivity contribution in [2.24, 2.45) is 0 Å². The zero-order valence-corrected chi connectivity index (χ0v) is 24.0. The first-order chi connectivity index (χ1) is 19.0. The third-order valence-electron chi connectivity index (χ3n) is 8.36. The van der Waals surface area contributed by atoms with Crippen LogP contribution in [-0.2, 0) is 14.0 Å². The Morgan fingerprint density at radius 3 is 2.08 bits per heavy atom. The molecule has 0 spiro atoms. The minimum atomic E-state index is -0.667. The van der Waals surface area contributed by atoms with E-state index in [1.165, 1.54) is 11.1 Å². The van der Waals surface area contributed by atoms with Gasteiger partial charge in [-0.3, -0.25) is 4.79 Å². The average molecular weight is 537 g/mol. The third-order valence-corrected chi connectivity index (χ3v) is 8.36. The van der Waals surface area contributed by atoms with E-state index in [4.69, 9.17) is 14.0 Å². The number of carbonyl (C=O) groups excluding carboxylic acids is 2. The van der Waals surface area contributed by atoms with Crippen LogP contribution in [0.4, 0.5) is 4.79 Å². The molecule has 1 saturated heterocycles. The van der Waals surface area contributed by atoms with E-state index in [9.17, 15) is 9.59 Å². The molecule has 5 rings (SSSR count). The first-order valence-corrected chi connectivity index (χ1v) is 13.7. The van der Waals surface area contributed by atoms with Crippen LogP contribution in [0.2, 0.25) is 0 Å². The lowest BCUT2D eigenvalue weighted by Gasteiger charge is -2.32. The molecule has 1 aliphatic heterocycles. The van der Waals surface area contributed by atoms with E-state index < -0.39 is 24.4 Å². The van der Waals surface area contributed by atoms with Gasteiger partial charge in [0.05, 0.1) is 11.2 Å². The summed E-state index contributed by atoms with van der Waals surface area (Å²) in [5.41, 5.74) is 6.82. The Morgan fingerprint density at radius 2 is 1.50 bits per heavy atom. The predicted octanol–water partition coefficient (Wildman–Crippen LogP) is 6.75. The second kappa shape index (κ2) is 10.7. The van der Waals surface area contributed by atoms with Crippen molar-refractivity contribution in [1.82, 2.24) is 5.32 Å². The number of Topliss-reactive ketones (excluding diaryl/α,β-unsaturated/α-hetero) is 1. The molecule has 1 N–H and O–H groups in total. The number of carbonyl (C=O) groups is 2. The van der Waals surface area contributed by atoms with Crippen LogP contribution < -0.4 is 5.32 Å². The molecule has 206 valence electrons. The topological polar surface area (TPSA) is 73.9 Å². The Hall–Kier alpha value is -3.68. The van der Waals surface area contributed by atoms with Crippen LogP contribution in [0.25, 0.3) is 17.2 Å². The van der Waals surface area contributed by atoms with Gasteiger partial charge in [-0.05, 0) is 86.5 Å². The van der Waals surface area contributed by atoms with E-state index in [1.54, 1.807) is 6.92 Å². The number of hydrogen-bond donors (Lipinski definition) is 1. The fourth-order valence-electron chi connectivity index (χ4n) is 5.24. The van der Waals surface area contributed by atoms with E-state index in [1.807, 2.05) is 83.2 Å². The third kappa shape index (κ3) is 5.36. The summed E-state index contributed by atoms with van der Waals surface area (Å²) < 4.78 is 18.4. The van der Waals surface area contributed by atoms with Crippen LogP contribution >= 0.6 is 0 Å². The smallest absolute Gasteiger partial charge is 0.449 e. The molecule has 40 heavy (non-hydrogen) atoms. The Labute approximate surface area is 236 Å². The van der Waals surface area contributed by atoms with Crippen molar-refractivity contribution in [2.45, 2.75) is 58.7 Å². The number of aryl methyl sites for hydroxylation is 1. The van der Waals surface area contributed by atoms with Gasteiger partial charge in [0.25, 0.3) is 0 Å². The summed E-state index contributed by atoms with van der Waals surface area (Å²) in [6.07, 6.45) is 1.42. The van der Waals surface area contributed by atoms with Gasteiger partial charge in [0, 0.05) is 18.0 Å². The van der Waals surface area contributed by atoms with Crippen LogP contribution in [0.5, 0.6) is 0 Å². The van der Waals surface area contributed by atoms with Gasteiger partial charge in [0.15, 0.2) is 5.78 Å². The molecule has 7 heteroatoms. The molecule has 0 unspecified atom stereocenters. The largest absolute Gasteiger partial charge is 0.492 e. The highest BCUT2D eigenvalue weighted by Gasteiger charge is 2.52. The Kier molecular flexibility index (Phi) is 7.47. The van der Waals surface area contributed by atoms with Crippen LogP contribution in [0, 0.1) is 6.92 Å². The first kappa shape index (κ1) is 27.9. The molecular formula is C33H36BNO5. The van der Waals surface area contributed by atoms with E-state index in [-0.39, 0.29) is 24.9 Å². The van der Waals surface area contributed by atoms with Gasteiger partial charge in [0.2, 0.25) is 0 Å². The van der Waals surface area contributed by atoms with E-state index >= 15 is 0 Å². The van der Waals surface area contributed by atoms with Crippen molar-refractivity contribution in [3.8, 4) is 11.1 Å². The Balaban J connectivity index is 1.34.